The minimum atomic E-state index is -3.94. The van der Waals surface area contributed by atoms with Gasteiger partial charge < -0.3 is 15.3 Å². The van der Waals surface area contributed by atoms with Crippen LogP contribution in [0.2, 0.25) is 0 Å². The molecule has 0 fully saturated rings. The van der Waals surface area contributed by atoms with Crippen molar-refractivity contribution in [2.75, 3.05) is 13.2 Å². The highest BCUT2D eigenvalue weighted by Crippen LogP contribution is 2.19. The number of hydrogen-bond acceptors (Lipinski definition) is 6. The topological polar surface area (TPSA) is 142 Å². The van der Waals surface area contributed by atoms with Gasteiger partial charge in [-0.25, -0.2) is 13.1 Å². The van der Waals surface area contributed by atoms with Crippen molar-refractivity contribution >= 4 is 16.0 Å². The number of aliphatic hydroxyl groups is 2. The molecule has 0 aliphatic rings. The molecule has 10 heteroatoms. The highest BCUT2D eigenvalue weighted by Gasteiger charge is 2.25. The molecule has 0 saturated heterocycles. The normalized spacial score (nSPS) is 13.4. The molecule has 1 rings (SSSR count). The second kappa shape index (κ2) is 6.31. The number of nitrogens with one attached hydrogen (secondary N) is 1. The Hall–Kier alpha value is -1.49. The predicted octanol–water partition coefficient (Wildman–Crippen LogP) is -1.78. The van der Waals surface area contributed by atoms with E-state index in [9.17, 15) is 13.2 Å². The first kappa shape index (κ1) is 16.6. The van der Waals surface area contributed by atoms with Crippen molar-refractivity contribution in [1.29, 1.82) is 0 Å². The summed E-state index contributed by atoms with van der Waals surface area (Å²) in [5.74, 6) is -1.14. The van der Waals surface area contributed by atoms with Gasteiger partial charge in [-0.2, -0.15) is 5.10 Å². The number of carboxylic acid groups (broad SMARTS) is 1. The molecule has 0 aliphatic heterocycles. The van der Waals surface area contributed by atoms with E-state index in [1.165, 1.54) is 13.8 Å². The molecule has 9 nitrogen and oxygen atoms in total. The van der Waals surface area contributed by atoms with Crippen LogP contribution in [0.15, 0.2) is 4.90 Å². The molecule has 0 aliphatic carbocycles. The average Bonchev–Trinajstić information content (AvgIpc) is 2.61. The van der Waals surface area contributed by atoms with Crippen LogP contribution in [0.25, 0.3) is 0 Å². The molecule has 1 atom stereocenters. The Kier molecular flexibility index (Phi) is 5.22. The van der Waals surface area contributed by atoms with Gasteiger partial charge in [-0.1, -0.05) is 0 Å². The summed E-state index contributed by atoms with van der Waals surface area (Å²) in [6.45, 7) is 1.53. The third-order valence-electron chi connectivity index (χ3n) is 2.59. The summed E-state index contributed by atoms with van der Waals surface area (Å²) >= 11 is 0. The molecule has 1 aromatic heterocycles. The quantitative estimate of drug-likeness (QED) is 0.466. The van der Waals surface area contributed by atoms with Gasteiger partial charge >= 0.3 is 5.97 Å². The van der Waals surface area contributed by atoms with E-state index < -0.39 is 35.2 Å². The van der Waals surface area contributed by atoms with Crippen LogP contribution >= 0.6 is 0 Å². The molecule has 0 spiro atoms. The lowest BCUT2D eigenvalue weighted by Gasteiger charge is -2.10. The van der Waals surface area contributed by atoms with Crippen molar-refractivity contribution < 1.29 is 28.5 Å². The molecule has 0 radical (unpaired) electrons. The first-order chi connectivity index (χ1) is 9.19. The van der Waals surface area contributed by atoms with E-state index in [1.54, 1.807) is 0 Å². The maximum Gasteiger partial charge on any atom is 0.325 e. The molecule has 1 aromatic rings. The van der Waals surface area contributed by atoms with E-state index in [2.05, 4.69) is 9.82 Å². The second-order valence-corrected chi connectivity index (χ2v) is 5.94. The lowest BCUT2D eigenvalue weighted by molar-refractivity contribution is -0.137. The Bertz CT molecular complexity index is 594. The number of aliphatic carboxylic acids is 1. The summed E-state index contributed by atoms with van der Waals surface area (Å²) in [7, 11) is -3.94. The van der Waals surface area contributed by atoms with Gasteiger partial charge in [-0.3, -0.25) is 9.48 Å². The molecule has 0 aromatic carbocycles. The largest absolute Gasteiger partial charge is 0.480 e. The third-order valence-corrected chi connectivity index (χ3v) is 4.26. The predicted molar refractivity (Wildman–Crippen MR) is 67.6 cm³/mol. The minimum Gasteiger partial charge on any atom is -0.480 e. The van der Waals surface area contributed by atoms with E-state index >= 15 is 0 Å². The van der Waals surface area contributed by atoms with E-state index in [4.69, 9.17) is 15.3 Å². The molecular weight excluding hydrogens is 290 g/mol. The molecular formula is C10H17N3O6S. The first-order valence-electron chi connectivity index (χ1n) is 5.73. The van der Waals surface area contributed by atoms with Crippen LogP contribution in [-0.2, 0) is 21.4 Å². The fourth-order valence-electron chi connectivity index (χ4n) is 1.69. The van der Waals surface area contributed by atoms with Crippen molar-refractivity contribution in [2.45, 2.75) is 31.4 Å². The summed E-state index contributed by atoms with van der Waals surface area (Å²) in [6.07, 6.45) is -1.21. The van der Waals surface area contributed by atoms with Crippen LogP contribution in [0.4, 0.5) is 0 Å². The monoisotopic (exact) mass is 307 g/mol. The maximum atomic E-state index is 12.1. The molecule has 0 amide bonds. The standard InChI is InChI=1S/C10H17N3O6S/c1-6-10(7(2)13(12-6)4-9(16)17)20(18,19)11-3-8(15)5-14/h8,11,14-15H,3-5H2,1-2H3,(H,16,17). The van der Waals surface area contributed by atoms with Gasteiger partial charge in [0, 0.05) is 6.54 Å². The van der Waals surface area contributed by atoms with Crippen LogP contribution in [-0.4, -0.2) is 58.7 Å². The maximum absolute atomic E-state index is 12.1. The molecule has 20 heavy (non-hydrogen) atoms. The Balaban J connectivity index is 3.06. The van der Waals surface area contributed by atoms with Gasteiger partial charge in [-0.15, -0.1) is 0 Å². The number of rotatable bonds is 7. The number of aromatic nitrogens is 2. The van der Waals surface area contributed by atoms with Gasteiger partial charge in [0.15, 0.2) is 0 Å². The SMILES string of the molecule is Cc1nn(CC(=O)O)c(C)c1S(=O)(=O)NCC(O)CO. The van der Waals surface area contributed by atoms with Crippen molar-refractivity contribution in [3.05, 3.63) is 11.4 Å². The summed E-state index contributed by atoms with van der Waals surface area (Å²) in [6, 6.07) is 0. The zero-order valence-electron chi connectivity index (χ0n) is 11.1. The summed E-state index contributed by atoms with van der Waals surface area (Å²) in [5.41, 5.74) is 0.352. The molecule has 1 unspecified atom stereocenters. The number of carboxylic acids is 1. The van der Waals surface area contributed by atoms with Gasteiger partial charge in [-0.05, 0) is 13.8 Å². The van der Waals surface area contributed by atoms with Gasteiger partial charge in [0.25, 0.3) is 0 Å². The van der Waals surface area contributed by atoms with Crippen LogP contribution in [0.5, 0.6) is 0 Å². The number of carbonyl (C=O) groups is 1. The fourth-order valence-corrected chi connectivity index (χ4v) is 3.17. The van der Waals surface area contributed by atoms with E-state index in [0.29, 0.717) is 0 Å². The highest BCUT2D eigenvalue weighted by atomic mass is 32.2. The van der Waals surface area contributed by atoms with Crippen LogP contribution in [0.3, 0.4) is 0 Å². The summed E-state index contributed by atoms with van der Waals surface area (Å²) in [5, 5.41) is 30.4. The van der Waals surface area contributed by atoms with Crippen LogP contribution in [0, 0.1) is 13.8 Å². The van der Waals surface area contributed by atoms with Gasteiger partial charge in [0.05, 0.1) is 24.1 Å². The zero-order valence-corrected chi connectivity index (χ0v) is 11.9. The van der Waals surface area contributed by atoms with E-state index in [1.807, 2.05) is 0 Å². The molecule has 114 valence electrons. The number of nitrogens with zero attached hydrogens (tertiary/aromatic N) is 2. The lowest BCUT2D eigenvalue weighted by atomic mass is 10.4. The Morgan fingerprint density at radius 2 is 2.05 bits per heavy atom. The highest BCUT2D eigenvalue weighted by molar-refractivity contribution is 7.89. The second-order valence-electron chi connectivity index (χ2n) is 4.24. The van der Waals surface area contributed by atoms with Gasteiger partial charge in [0.2, 0.25) is 10.0 Å². The third kappa shape index (κ3) is 3.76. The first-order valence-corrected chi connectivity index (χ1v) is 7.21. The molecule has 0 bridgehead atoms. The van der Waals surface area contributed by atoms with Crippen molar-refractivity contribution in [1.82, 2.24) is 14.5 Å². The fraction of sp³-hybridized carbons (Fsp3) is 0.600. The lowest BCUT2D eigenvalue weighted by Crippen LogP contribution is -2.34. The van der Waals surface area contributed by atoms with Crippen molar-refractivity contribution in [3.63, 3.8) is 0 Å². The van der Waals surface area contributed by atoms with Crippen LogP contribution < -0.4 is 4.72 Å². The number of aryl methyl sites for hydroxylation is 1. The summed E-state index contributed by atoms with van der Waals surface area (Å²) < 4.78 is 27.4. The Morgan fingerprint density at radius 1 is 1.45 bits per heavy atom. The molecule has 4 N–H and O–H groups in total. The van der Waals surface area contributed by atoms with Crippen molar-refractivity contribution in [3.8, 4) is 0 Å². The van der Waals surface area contributed by atoms with E-state index in [-0.39, 0.29) is 22.8 Å². The number of aliphatic hydroxyl groups excluding tert-OH is 2. The van der Waals surface area contributed by atoms with Crippen LogP contribution in [0.1, 0.15) is 11.4 Å². The average molecular weight is 307 g/mol. The minimum absolute atomic E-state index is 0.121. The Morgan fingerprint density at radius 3 is 2.55 bits per heavy atom. The molecule has 0 saturated carbocycles. The molecule has 1 heterocycles. The zero-order chi connectivity index (χ0) is 15.5. The smallest absolute Gasteiger partial charge is 0.325 e. The number of hydrogen-bond donors (Lipinski definition) is 4. The van der Waals surface area contributed by atoms with Gasteiger partial charge in [0.1, 0.15) is 11.4 Å². The number of sulfonamides is 1. The Labute approximate surface area is 115 Å². The van der Waals surface area contributed by atoms with Crippen molar-refractivity contribution in [2.24, 2.45) is 0 Å². The van der Waals surface area contributed by atoms with E-state index in [0.717, 1.165) is 4.68 Å². The summed E-state index contributed by atoms with van der Waals surface area (Å²) in [4.78, 5) is 10.5.